The van der Waals surface area contributed by atoms with Crippen molar-refractivity contribution >= 4 is 23.6 Å². The number of thioether (sulfide) groups is 1. The van der Waals surface area contributed by atoms with Crippen molar-refractivity contribution in [3.8, 4) is 11.5 Å². The molecular formula is C31H35NO3S. The zero-order valence-corrected chi connectivity index (χ0v) is 22.8. The van der Waals surface area contributed by atoms with Gasteiger partial charge in [0.1, 0.15) is 11.5 Å². The second-order valence-electron chi connectivity index (χ2n) is 9.99. The number of rotatable bonds is 7. The average Bonchev–Trinajstić information content (AvgIpc) is 2.88. The number of hydrogen-bond acceptors (Lipinski definition) is 5. The number of aryl methyl sites for hydroxylation is 1. The molecule has 0 amide bonds. The molecule has 1 aliphatic rings. The van der Waals surface area contributed by atoms with E-state index in [0.717, 1.165) is 28.2 Å². The van der Waals surface area contributed by atoms with Gasteiger partial charge in [0.2, 0.25) is 0 Å². The summed E-state index contributed by atoms with van der Waals surface area (Å²) in [4.78, 5) is 17.6. The fraction of sp³-hybridized carbons (Fsp3) is 0.323. The van der Waals surface area contributed by atoms with E-state index in [-0.39, 0.29) is 11.8 Å². The topological polar surface area (TPSA) is 38.8 Å². The summed E-state index contributed by atoms with van der Waals surface area (Å²) in [5, 5.41) is 0. The lowest BCUT2D eigenvalue weighted by atomic mass is 9.74. The number of nitrogens with zero attached hydrogens (tertiary/aromatic N) is 1. The van der Waals surface area contributed by atoms with Gasteiger partial charge >= 0.3 is 0 Å². The molecule has 4 nitrogen and oxygen atoms in total. The first kappa shape index (κ1) is 26.1. The maximum Gasteiger partial charge on any atom is 0.167 e. The molecule has 188 valence electrons. The number of piperidine rings is 1. The van der Waals surface area contributed by atoms with Crippen LogP contribution in [0, 0.1) is 12.3 Å². The smallest absolute Gasteiger partial charge is 0.167 e. The molecule has 5 heteroatoms. The molecule has 1 fully saturated rings. The molecule has 3 aromatic rings. The molecule has 0 saturated carbocycles. The molecule has 1 atom stereocenters. The van der Waals surface area contributed by atoms with Gasteiger partial charge in [0, 0.05) is 34.5 Å². The zero-order valence-electron chi connectivity index (χ0n) is 22.0. The van der Waals surface area contributed by atoms with Gasteiger partial charge in [0.05, 0.1) is 20.3 Å². The minimum Gasteiger partial charge on any atom is -0.497 e. The molecule has 0 aliphatic carbocycles. The first-order chi connectivity index (χ1) is 17.2. The van der Waals surface area contributed by atoms with E-state index >= 15 is 0 Å². The Morgan fingerprint density at radius 3 is 2.31 bits per heavy atom. The van der Waals surface area contributed by atoms with Gasteiger partial charge in [-0.2, -0.15) is 0 Å². The van der Waals surface area contributed by atoms with Gasteiger partial charge in [-0.15, -0.1) is 11.8 Å². The molecule has 3 aromatic carbocycles. The quantitative estimate of drug-likeness (QED) is 0.258. The van der Waals surface area contributed by atoms with E-state index in [1.807, 2.05) is 32.0 Å². The molecule has 4 rings (SSSR count). The van der Waals surface area contributed by atoms with E-state index in [1.165, 1.54) is 16.0 Å². The number of likely N-dealkylation sites (tertiary alicyclic amines) is 1. The van der Waals surface area contributed by atoms with Crippen LogP contribution in [0.4, 0.5) is 0 Å². The number of methoxy groups -OCH3 is 2. The van der Waals surface area contributed by atoms with E-state index in [2.05, 4.69) is 72.7 Å². The van der Waals surface area contributed by atoms with Crippen molar-refractivity contribution in [3.05, 3.63) is 94.6 Å². The van der Waals surface area contributed by atoms with Crippen LogP contribution in [-0.4, -0.2) is 37.7 Å². The third kappa shape index (κ3) is 5.53. The number of ether oxygens (including phenoxy) is 2. The third-order valence-corrected chi connectivity index (χ3v) is 7.55. The van der Waals surface area contributed by atoms with E-state index in [9.17, 15) is 4.79 Å². The summed E-state index contributed by atoms with van der Waals surface area (Å²) >= 11 is 1.71. The lowest BCUT2D eigenvalue weighted by Crippen LogP contribution is -2.49. The summed E-state index contributed by atoms with van der Waals surface area (Å²) in [5.41, 5.74) is 4.62. The summed E-state index contributed by atoms with van der Waals surface area (Å²) in [5.74, 6) is 1.64. The summed E-state index contributed by atoms with van der Waals surface area (Å²) in [6.07, 6.45) is 4.12. The Balaban J connectivity index is 1.90. The number of benzene rings is 3. The van der Waals surface area contributed by atoms with Crippen LogP contribution >= 0.6 is 11.8 Å². The van der Waals surface area contributed by atoms with Crippen LogP contribution in [0.5, 0.6) is 11.5 Å². The second-order valence-corrected chi connectivity index (χ2v) is 10.9. The number of Topliss-reactive ketones (excluding diaryl/α,β-unsaturated/α-hetero) is 1. The van der Waals surface area contributed by atoms with Crippen LogP contribution in [0.3, 0.4) is 0 Å². The highest BCUT2D eigenvalue weighted by Gasteiger charge is 2.44. The minimum atomic E-state index is -0.529. The predicted molar refractivity (Wildman–Crippen MR) is 149 cm³/mol. The monoisotopic (exact) mass is 501 g/mol. The molecular weight excluding hydrogens is 466 g/mol. The Hall–Kier alpha value is -3.02. The maximum absolute atomic E-state index is 14.0. The Morgan fingerprint density at radius 2 is 1.69 bits per heavy atom. The Bertz CT molecular complexity index is 1250. The summed E-state index contributed by atoms with van der Waals surface area (Å²) in [6, 6.07) is 22.5. The van der Waals surface area contributed by atoms with Crippen molar-refractivity contribution in [2.75, 3.05) is 27.0 Å². The summed E-state index contributed by atoms with van der Waals surface area (Å²) < 4.78 is 11.4. The highest BCUT2D eigenvalue weighted by atomic mass is 32.2. The molecule has 0 spiro atoms. The van der Waals surface area contributed by atoms with Gasteiger partial charge in [-0.05, 0) is 60.7 Å². The zero-order chi connectivity index (χ0) is 25.9. The number of carbonyl (C=O) groups is 1. The lowest BCUT2D eigenvalue weighted by Gasteiger charge is -2.45. The van der Waals surface area contributed by atoms with Crippen molar-refractivity contribution in [3.63, 3.8) is 0 Å². The molecule has 0 radical (unpaired) electrons. The molecule has 1 unspecified atom stereocenters. The lowest BCUT2D eigenvalue weighted by molar-refractivity contribution is -0.128. The highest BCUT2D eigenvalue weighted by molar-refractivity contribution is 7.98. The normalized spacial score (nSPS) is 18.9. The molecule has 0 bridgehead atoms. The predicted octanol–water partition coefficient (Wildman–Crippen LogP) is 6.97. The van der Waals surface area contributed by atoms with Crippen molar-refractivity contribution in [1.29, 1.82) is 0 Å². The van der Waals surface area contributed by atoms with Gasteiger partial charge in [0.15, 0.2) is 5.78 Å². The first-order valence-corrected chi connectivity index (χ1v) is 13.4. The Morgan fingerprint density at radius 1 is 1.00 bits per heavy atom. The van der Waals surface area contributed by atoms with Gasteiger partial charge in [-0.3, -0.25) is 9.69 Å². The summed E-state index contributed by atoms with van der Waals surface area (Å²) in [6.45, 7) is 7.53. The van der Waals surface area contributed by atoms with Gasteiger partial charge in [0.25, 0.3) is 0 Å². The van der Waals surface area contributed by atoms with Crippen LogP contribution in [-0.2, 0) is 11.3 Å². The fourth-order valence-corrected chi connectivity index (χ4v) is 5.31. The van der Waals surface area contributed by atoms with Crippen LogP contribution in [0.15, 0.2) is 77.2 Å². The number of carbonyl (C=O) groups excluding carboxylic acids is 1. The minimum absolute atomic E-state index is 0.159. The molecule has 1 saturated heterocycles. The number of hydrogen-bond donors (Lipinski definition) is 0. The highest BCUT2D eigenvalue weighted by Crippen LogP contribution is 2.46. The SMILES string of the molecule is COc1ccc(OC)c(C2/C(=C\c3ccc(SC)cc3)C(=O)C(C)(C)CN2Cc2ccc(C)cc2)c1. The average molecular weight is 502 g/mol. The molecule has 0 N–H and O–H groups in total. The Kier molecular flexibility index (Phi) is 7.91. The molecule has 36 heavy (non-hydrogen) atoms. The van der Waals surface area contributed by atoms with E-state index in [0.29, 0.717) is 13.1 Å². The van der Waals surface area contributed by atoms with Crippen molar-refractivity contribution in [2.45, 2.75) is 38.3 Å². The van der Waals surface area contributed by atoms with Crippen molar-refractivity contribution < 1.29 is 14.3 Å². The molecule has 1 heterocycles. The van der Waals surface area contributed by atoms with E-state index < -0.39 is 5.41 Å². The van der Waals surface area contributed by atoms with Crippen LogP contribution in [0.25, 0.3) is 6.08 Å². The van der Waals surface area contributed by atoms with Crippen molar-refractivity contribution in [2.24, 2.45) is 5.41 Å². The van der Waals surface area contributed by atoms with Crippen LogP contribution in [0.2, 0.25) is 0 Å². The van der Waals surface area contributed by atoms with E-state index in [4.69, 9.17) is 9.47 Å². The van der Waals surface area contributed by atoms with Crippen LogP contribution in [0.1, 0.15) is 42.1 Å². The summed E-state index contributed by atoms with van der Waals surface area (Å²) in [7, 11) is 3.34. The largest absolute Gasteiger partial charge is 0.497 e. The van der Waals surface area contributed by atoms with Gasteiger partial charge in [-0.1, -0.05) is 55.8 Å². The Labute approximate surface area is 219 Å². The number of ketones is 1. The third-order valence-electron chi connectivity index (χ3n) is 6.81. The molecule has 0 aromatic heterocycles. The second kappa shape index (κ2) is 10.9. The van der Waals surface area contributed by atoms with E-state index in [1.54, 1.807) is 26.0 Å². The standard InChI is InChI=1S/C31H35NO3S/c1-21-7-9-23(10-8-21)19-32-20-31(2,3)30(33)27(17-22-11-14-25(36-6)15-12-22)29(32)26-18-24(34-4)13-16-28(26)35-5/h7-18,29H,19-20H2,1-6H3/b27-17+. The first-order valence-electron chi connectivity index (χ1n) is 12.2. The molecule has 1 aliphatic heterocycles. The van der Waals surface area contributed by atoms with Crippen LogP contribution < -0.4 is 9.47 Å². The van der Waals surface area contributed by atoms with Gasteiger partial charge < -0.3 is 9.47 Å². The maximum atomic E-state index is 14.0. The fourth-order valence-electron chi connectivity index (χ4n) is 4.90. The van der Waals surface area contributed by atoms with Gasteiger partial charge in [-0.25, -0.2) is 0 Å². The van der Waals surface area contributed by atoms with Crippen molar-refractivity contribution in [1.82, 2.24) is 4.90 Å².